The van der Waals surface area contributed by atoms with Crippen LogP contribution >= 0.6 is 0 Å². The number of rotatable bonds is 6. The first-order valence-electron chi connectivity index (χ1n) is 8.79. The third-order valence-corrected chi connectivity index (χ3v) is 7.52. The average Bonchev–Trinajstić information content (AvgIpc) is 3.23. The second kappa shape index (κ2) is 6.09. The molecule has 3 aliphatic rings. The van der Waals surface area contributed by atoms with E-state index in [1.54, 1.807) is 16.4 Å². The number of benzene rings is 1. The normalized spacial score (nSPS) is 26.6. The highest BCUT2D eigenvalue weighted by atomic mass is 32.2. The number of aryl methyl sites for hydroxylation is 1. The van der Waals surface area contributed by atoms with Crippen LogP contribution in [0.15, 0.2) is 29.2 Å². The van der Waals surface area contributed by atoms with Crippen LogP contribution in [-0.2, 0) is 19.5 Å². The van der Waals surface area contributed by atoms with Crippen LogP contribution in [0.2, 0.25) is 0 Å². The summed E-state index contributed by atoms with van der Waals surface area (Å²) in [5.74, 6) is 1.06. The highest BCUT2D eigenvalue weighted by molar-refractivity contribution is 7.89. The lowest BCUT2D eigenvalue weighted by Gasteiger charge is -2.49. The van der Waals surface area contributed by atoms with Gasteiger partial charge >= 0.3 is 0 Å². The minimum absolute atomic E-state index is 0.305. The summed E-state index contributed by atoms with van der Waals surface area (Å²) in [4.78, 5) is 0.402. The van der Waals surface area contributed by atoms with Gasteiger partial charge in [-0.1, -0.05) is 18.2 Å². The summed E-state index contributed by atoms with van der Waals surface area (Å²) in [6.45, 7) is 4.97. The molecule has 2 aliphatic heterocycles. The molecule has 6 heteroatoms. The molecule has 3 fully saturated rings. The van der Waals surface area contributed by atoms with Crippen molar-refractivity contribution in [1.29, 1.82) is 0 Å². The molecule has 1 saturated carbocycles. The van der Waals surface area contributed by atoms with Gasteiger partial charge in [-0.2, -0.15) is 4.31 Å². The predicted molar refractivity (Wildman–Crippen MR) is 90.3 cm³/mol. The first kappa shape index (κ1) is 16.5. The number of hydrogen-bond donors (Lipinski definition) is 0. The molecule has 2 heterocycles. The molecule has 0 amide bonds. The second-order valence-electron chi connectivity index (χ2n) is 7.42. The van der Waals surface area contributed by atoms with Gasteiger partial charge in [0.25, 0.3) is 0 Å². The van der Waals surface area contributed by atoms with Crippen molar-refractivity contribution in [3.8, 4) is 0 Å². The average molecular weight is 351 g/mol. The fourth-order valence-corrected chi connectivity index (χ4v) is 5.52. The lowest BCUT2D eigenvalue weighted by molar-refractivity contribution is -0.114. The van der Waals surface area contributed by atoms with E-state index >= 15 is 0 Å². The lowest BCUT2D eigenvalue weighted by Crippen LogP contribution is -2.66. The smallest absolute Gasteiger partial charge is 0.243 e. The Hall–Kier alpha value is -0.950. The van der Waals surface area contributed by atoms with Crippen LogP contribution in [0.4, 0.5) is 0 Å². The van der Waals surface area contributed by atoms with E-state index in [0.29, 0.717) is 37.1 Å². The quantitative estimate of drug-likeness (QED) is 0.788. The van der Waals surface area contributed by atoms with E-state index in [-0.39, 0.29) is 5.60 Å². The maximum absolute atomic E-state index is 12.8. The number of hydrogen-bond acceptors (Lipinski definition) is 4. The molecule has 0 radical (unpaired) electrons. The molecule has 0 unspecified atom stereocenters. The molecule has 1 aromatic carbocycles. The molecule has 0 N–H and O–H groups in total. The summed E-state index contributed by atoms with van der Waals surface area (Å²) in [6.07, 6.45) is 3.53. The molecule has 24 heavy (non-hydrogen) atoms. The molecule has 1 aliphatic carbocycles. The first-order chi connectivity index (χ1) is 11.5. The Bertz CT molecular complexity index is 707. The number of nitrogens with zero attached hydrogens (tertiary/aromatic N) is 1. The van der Waals surface area contributed by atoms with Crippen molar-refractivity contribution in [2.24, 2.45) is 11.8 Å². The van der Waals surface area contributed by atoms with Gasteiger partial charge in [0.2, 0.25) is 10.0 Å². The fourth-order valence-electron chi connectivity index (χ4n) is 3.74. The van der Waals surface area contributed by atoms with E-state index in [2.05, 4.69) is 0 Å². The van der Waals surface area contributed by atoms with Gasteiger partial charge in [0.05, 0.1) is 11.5 Å². The molecule has 2 saturated heterocycles. The van der Waals surface area contributed by atoms with Crippen molar-refractivity contribution in [3.63, 3.8) is 0 Å². The Morgan fingerprint density at radius 3 is 2.67 bits per heavy atom. The molecular weight excluding hydrogens is 326 g/mol. The van der Waals surface area contributed by atoms with Gasteiger partial charge in [0.15, 0.2) is 0 Å². The minimum Gasteiger partial charge on any atom is -0.381 e. The van der Waals surface area contributed by atoms with Crippen LogP contribution in [0.3, 0.4) is 0 Å². The maximum Gasteiger partial charge on any atom is 0.243 e. The molecule has 5 nitrogen and oxygen atoms in total. The zero-order valence-corrected chi connectivity index (χ0v) is 14.9. The maximum atomic E-state index is 12.8. The van der Waals surface area contributed by atoms with Gasteiger partial charge < -0.3 is 9.47 Å². The Kier molecular flexibility index (Phi) is 4.19. The van der Waals surface area contributed by atoms with Gasteiger partial charge in [-0.3, -0.25) is 0 Å². The highest BCUT2D eigenvalue weighted by Crippen LogP contribution is 2.42. The summed E-state index contributed by atoms with van der Waals surface area (Å²) >= 11 is 0. The van der Waals surface area contributed by atoms with E-state index < -0.39 is 10.0 Å². The summed E-state index contributed by atoms with van der Waals surface area (Å²) in [6, 6.07) is 7.15. The Morgan fingerprint density at radius 2 is 1.96 bits per heavy atom. The van der Waals surface area contributed by atoms with Crippen LogP contribution < -0.4 is 0 Å². The third kappa shape index (κ3) is 2.90. The second-order valence-corrected chi connectivity index (χ2v) is 9.32. The largest absolute Gasteiger partial charge is 0.381 e. The van der Waals surface area contributed by atoms with E-state index in [1.165, 1.54) is 12.8 Å². The van der Waals surface area contributed by atoms with Crippen molar-refractivity contribution in [1.82, 2.24) is 4.31 Å². The van der Waals surface area contributed by atoms with Gasteiger partial charge in [-0.25, -0.2) is 8.42 Å². The van der Waals surface area contributed by atoms with Crippen LogP contribution in [0.25, 0.3) is 0 Å². The van der Waals surface area contributed by atoms with Crippen molar-refractivity contribution < 1.29 is 17.9 Å². The Morgan fingerprint density at radius 1 is 1.21 bits per heavy atom. The third-order valence-electron chi connectivity index (χ3n) is 5.57. The SMILES string of the molecule is Cc1ccccc1S(=O)(=O)N1CC2(C1)OCC[C@@H]2COCC1CC1. The van der Waals surface area contributed by atoms with Crippen LogP contribution in [0, 0.1) is 18.8 Å². The molecular formula is C18H25NO4S. The summed E-state index contributed by atoms with van der Waals surface area (Å²) in [5.41, 5.74) is 0.453. The molecule has 0 aromatic heterocycles. The van der Waals surface area contributed by atoms with E-state index in [9.17, 15) is 8.42 Å². The zero-order chi connectivity index (χ0) is 16.8. The highest BCUT2D eigenvalue weighted by Gasteiger charge is 2.56. The zero-order valence-electron chi connectivity index (χ0n) is 14.1. The van der Waals surface area contributed by atoms with E-state index in [1.807, 2.05) is 19.1 Å². The van der Waals surface area contributed by atoms with Crippen molar-refractivity contribution in [2.45, 2.75) is 36.7 Å². The molecule has 4 rings (SSSR count). The first-order valence-corrected chi connectivity index (χ1v) is 10.2. The minimum atomic E-state index is -3.43. The lowest BCUT2D eigenvalue weighted by atomic mass is 9.83. The van der Waals surface area contributed by atoms with Crippen molar-refractivity contribution in [3.05, 3.63) is 29.8 Å². The standard InChI is InChI=1S/C18H25NO4S/c1-14-4-2-3-5-17(14)24(20,21)19-12-18(13-19)16(8-9-23-18)11-22-10-15-6-7-15/h2-5,15-16H,6-13H2,1H3/t16-/m1/s1. The van der Waals surface area contributed by atoms with Gasteiger partial charge in [0.1, 0.15) is 5.60 Å². The molecule has 1 atom stereocenters. The van der Waals surface area contributed by atoms with E-state index in [4.69, 9.17) is 9.47 Å². The molecule has 0 bridgehead atoms. The summed E-state index contributed by atoms with van der Waals surface area (Å²) in [5, 5.41) is 0. The Balaban J connectivity index is 1.41. The number of ether oxygens (including phenoxy) is 2. The predicted octanol–water partition coefficient (Wildman–Crippen LogP) is 2.20. The molecule has 132 valence electrons. The van der Waals surface area contributed by atoms with Gasteiger partial charge in [0, 0.05) is 32.2 Å². The van der Waals surface area contributed by atoms with Crippen molar-refractivity contribution in [2.75, 3.05) is 32.9 Å². The van der Waals surface area contributed by atoms with Gasteiger partial charge in [-0.15, -0.1) is 0 Å². The van der Waals surface area contributed by atoms with Crippen molar-refractivity contribution >= 4 is 10.0 Å². The van der Waals surface area contributed by atoms with Crippen LogP contribution in [0.1, 0.15) is 24.8 Å². The van der Waals surface area contributed by atoms with Crippen LogP contribution in [0.5, 0.6) is 0 Å². The molecule has 1 spiro atoms. The summed E-state index contributed by atoms with van der Waals surface area (Å²) < 4.78 is 39.0. The monoisotopic (exact) mass is 351 g/mol. The van der Waals surface area contributed by atoms with Gasteiger partial charge in [-0.05, 0) is 43.7 Å². The molecule has 1 aromatic rings. The Labute approximate surface area is 144 Å². The summed E-state index contributed by atoms with van der Waals surface area (Å²) in [7, 11) is -3.43. The fraction of sp³-hybridized carbons (Fsp3) is 0.667. The van der Waals surface area contributed by atoms with E-state index in [0.717, 1.165) is 24.5 Å². The number of sulfonamides is 1. The van der Waals surface area contributed by atoms with Crippen LogP contribution in [-0.4, -0.2) is 51.2 Å². The topological polar surface area (TPSA) is 55.8 Å².